The van der Waals surface area contributed by atoms with Gasteiger partial charge in [0, 0.05) is 5.56 Å². The fraction of sp³-hybridized carbons (Fsp3) is 0.333. The molecule has 30 heavy (non-hydrogen) atoms. The van der Waals surface area contributed by atoms with E-state index in [2.05, 4.69) is 5.32 Å². The average molecular weight is 435 g/mol. The van der Waals surface area contributed by atoms with Crippen LogP contribution >= 0.6 is 11.6 Å². The predicted octanol–water partition coefficient (Wildman–Crippen LogP) is 2.87. The molecule has 0 bridgehead atoms. The number of carbonyl (C=O) groups is 2. The molecule has 2 aromatic rings. The number of benzene rings is 2. The molecule has 3 N–H and O–H groups in total. The number of rotatable bonds is 8. The summed E-state index contributed by atoms with van der Waals surface area (Å²) in [6.45, 7) is 2.61. The molecule has 0 saturated heterocycles. The molecule has 0 aromatic heterocycles. The third kappa shape index (κ3) is 4.88. The molecule has 0 aliphatic carbocycles. The summed E-state index contributed by atoms with van der Waals surface area (Å²) in [6, 6.07) is 8.31. The van der Waals surface area contributed by atoms with Gasteiger partial charge in [0.25, 0.3) is 11.8 Å². The molecule has 0 spiro atoms. The van der Waals surface area contributed by atoms with Crippen molar-refractivity contribution in [2.45, 2.75) is 19.4 Å². The predicted molar refractivity (Wildman–Crippen MR) is 111 cm³/mol. The number of amides is 2. The van der Waals surface area contributed by atoms with E-state index in [1.165, 1.54) is 19.2 Å². The van der Waals surface area contributed by atoms with Gasteiger partial charge in [-0.1, -0.05) is 24.6 Å². The minimum atomic E-state index is -0.653. The molecule has 0 saturated carbocycles. The van der Waals surface area contributed by atoms with Crippen LogP contribution in [-0.4, -0.2) is 38.7 Å². The lowest BCUT2D eigenvalue weighted by molar-refractivity contribution is -0.119. The van der Waals surface area contributed by atoms with E-state index in [1.807, 2.05) is 25.1 Å². The number of fused-ring (bicyclic) bond motifs is 1. The van der Waals surface area contributed by atoms with E-state index in [0.29, 0.717) is 36.7 Å². The number of carbonyl (C=O) groups excluding carboxylic acids is 2. The first-order chi connectivity index (χ1) is 14.4. The van der Waals surface area contributed by atoms with Crippen molar-refractivity contribution in [3.05, 3.63) is 46.5 Å². The molecule has 1 heterocycles. The number of methoxy groups -OCH3 is 1. The number of primary amides is 1. The van der Waals surface area contributed by atoms with Crippen LogP contribution in [0.1, 0.15) is 35.3 Å². The summed E-state index contributed by atoms with van der Waals surface area (Å²) in [5.74, 6) is 0.731. The Morgan fingerprint density at radius 3 is 2.60 bits per heavy atom. The second-order valence-electron chi connectivity index (χ2n) is 6.58. The van der Waals surface area contributed by atoms with Crippen molar-refractivity contribution in [3.8, 4) is 23.0 Å². The summed E-state index contributed by atoms with van der Waals surface area (Å²) < 4.78 is 21.7. The molecule has 1 unspecified atom stereocenters. The molecule has 1 aliphatic heterocycles. The molecule has 2 amide bonds. The normalized spacial score (nSPS) is 13.3. The zero-order valence-electron chi connectivity index (χ0n) is 16.7. The Bertz CT molecular complexity index is 949. The Balaban J connectivity index is 1.80. The Hall–Kier alpha value is -3.13. The van der Waals surface area contributed by atoms with Crippen LogP contribution in [0.3, 0.4) is 0 Å². The highest BCUT2D eigenvalue weighted by Gasteiger charge is 2.21. The van der Waals surface area contributed by atoms with Crippen molar-refractivity contribution in [3.63, 3.8) is 0 Å². The van der Waals surface area contributed by atoms with Gasteiger partial charge >= 0.3 is 0 Å². The number of hydrogen-bond acceptors (Lipinski definition) is 6. The molecule has 0 radical (unpaired) electrons. The summed E-state index contributed by atoms with van der Waals surface area (Å²) in [5.41, 5.74) is 6.29. The first kappa shape index (κ1) is 21.6. The maximum Gasteiger partial charge on any atom is 0.255 e. The van der Waals surface area contributed by atoms with Gasteiger partial charge in [0.15, 0.2) is 29.6 Å². The lowest BCUT2D eigenvalue weighted by Crippen LogP contribution is -2.28. The van der Waals surface area contributed by atoms with Crippen molar-refractivity contribution in [2.24, 2.45) is 5.73 Å². The lowest BCUT2D eigenvalue weighted by atomic mass is 10.0. The van der Waals surface area contributed by atoms with Crippen LogP contribution in [0.5, 0.6) is 23.0 Å². The number of halogens is 1. The third-order valence-electron chi connectivity index (χ3n) is 4.53. The van der Waals surface area contributed by atoms with Crippen LogP contribution in [0.4, 0.5) is 0 Å². The highest BCUT2D eigenvalue weighted by Crippen LogP contribution is 2.37. The van der Waals surface area contributed by atoms with Crippen LogP contribution in [0, 0.1) is 0 Å². The van der Waals surface area contributed by atoms with Crippen molar-refractivity contribution in [1.29, 1.82) is 0 Å². The molecule has 8 nitrogen and oxygen atoms in total. The van der Waals surface area contributed by atoms with Gasteiger partial charge in [0.2, 0.25) is 0 Å². The van der Waals surface area contributed by atoms with Crippen molar-refractivity contribution in [1.82, 2.24) is 5.32 Å². The summed E-state index contributed by atoms with van der Waals surface area (Å²) in [7, 11) is 1.41. The van der Waals surface area contributed by atoms with Gasteiger partial charge < -0.3 is 30.0 Å². The van der Waals surface area contributed by atoms with E-state index in [9.17, 15) is 9.59 Å². The first-order valence-electron chi connectivity index (χ1n) is 9.42. The molecular weight excluding hydrogens is 412 g/mol. The summed E-state index contributed by atoms with van der Waals surface area (Å²) in [6.07, 6.45) is 0.663. The molecule has 1 aliphatic rings. The summed E-state index contributed by atoms with van der Waals surface area (Å²) in [5, 5.41) is 3.12. The van der Waals surface area contributed by atoms with E-state index in [1.54, 1.807) is 0 Å². The van der Waals surface area contributed by atoms with Crippen LogP contribution in [0.2, 0.25) is 5.02 Å². The maximum atomic E-state index is 12.9. The minimum absolute atomic E-state index is 0.133. The standard InChI is InChI=1S/C21H23ClN2O6/c1-3-15(12-4-5-16-17(9-12)29-7-6-28-16)24-21(26)13-8-14(22)20(18(10-13)27-2)30-11-19(23)25/h4-5,8-10,15H,3,6-7,11H2,1-2H3,(H2,23,25)(H,24,26). The molecule has 0 fully saturated rings. The van der Waals surface area contributed by atoms with Crippen molar-refractivity contribution in [2.75, 3.05) is 26.9 Å². The van der Waals surface area contributed by atoms with E-state index < -0.39 is 5.91 Å². The summed E-state index contributed by atoms with van der Waals surface area (Å²) in [4.78, 5) is 23.8. The van der Waals surface area contributed by atoms with Crippen molar-refractivity contribution < 1.29 is 28.5 Å². The zero-order chi connectivity index (χ0) is 21.7. The second kappa shape index (κ2) is 9.58. The van der Waals surface area contributed by atoms with Gasteiger partial charge in [-0.05, 0) is 36.2 Å². The van der Waals surface area contributed by atoms with Crippen LogP contribution in [0.15, 0.2) is 30.3 Å². The van der Waals surface area contributed by atoms with Gasteiger partial charge in [-0.25, -0.2) is 0 Å². The largest absolute Gasteiger partial charge is 0.493 e. The van der Waals surface area contributed by atoms with Gasteiger partial charge in [0.05, 0.1) is 18.2 Å². The number of hydrogen-bond donors (Lipinski definition) is 2. The molecular formula is C21H23ClN2O6. The monoisotopic (exact) mass is 434 g/mol. The quantitative estimate of drug-likeness (QED) is 0.661. The molecule has 160 valence electrons. The zero-order valence-corrected chi connectivity index (χ0v) is 17.5. The fourth-order valence-corrected chi connectivity index (χ4v) is 3.34. The van der Waals surface area contributed by atoms with Gasteiger partial charge in [-0.3, -0.25) is 9.59 Å². The average Bonchev–Trinajstić information content (AvgIpc) is 2.75. The van der Waals surface area contributed by atoms with Gasteiger partial charge in [-0.2, -0.15) is 0 Å². The second-order valence-corrected chi connectivity index (χ2v) is 6.99. The Morgan fingerprint density at radius 1 is 1.20 bits per heavy atom. The topological polar surface area (TPSA) is 109 Å². The Morgan fingerprint density at radius 2 is 1.93 bits per heavy atom. The first-order valence-corrected chi connectivity index (χ1v) is 9.79. The maximum absolute atomic E-state index is 12.9. The van der Waals surface area contributed by atoms with Crippen LogP contribution in [-0.2, 0) is 4.79 Å². The summed E-state index contributed by atoms with van der Waals surface area (Å²) >= 11 is 6.24. The SMILES string of the molecule is CCC(NC(=O)c1cc(Cl)c(OCC(N)=O)c(OC)c1)c1ccc2c(c1)OCCO2. The molecule has 9 heteroatoms. The van der Waals surface area contributed by atoms with E-state index in [4.69, 9.17) is 36.3 Å². The van der Waals surface area contributed by atoms with E-state index >= 15 is 0 Å². The third-order valence-corrected chi connectivity index (χ3v) is 4.81. The molecule has 1 atom stereocenters. The molecule has 3 rings (SSSR count). The van der Waals surface area contributed by atoms with Crippen LogP contribution < -0.4 is 30.0 Å². The Kier molecular flexibility index (Phi) is 6.89. The molecule has 2 aromatic carbocycles. The van der Waals surface area contributed by atoms with Gasteiger partial charge in [-0.15, -0.1) is 0 Å². The Labute approximate surface area is 179 Å². The fourth-order valence-electron chi connectivity index (χ4n) is 3.07. The van der Waals surface area contributed by atoms with Gasteiger partial charge in [0.1, 0.15) is 13.2 Å². The smallest absolute Gasteiger partial charge is 0.255 e. The highest BCUT2D eigenvalue weighted by atomic mass is 35.5. The number of ether oxygens (including phenoxy) is 4. The van der Waals surface area contributed by atoms with E-state index in [-0.39, 0.29) is 35.1 Å². The number of nitrogens with one attached hydrogen (secondary N) is 1. The van der Waals surface area contributed by atoms with Crippen LogP contribution in [0.25, 0.3) is 0 Å². The highest BCUT2D eigenvalue weighted by molar-refractivity contribution is 6.32. The minimum Gasteiger partial charge on any atom is -0.493 e. The lowest BCUT2D eigenvalue weighted by Gasteiger charge is -2.22. The number of nitrogens with two attached hydrogens (primary N) is 1. The van der Waals surface area contributed by atoms with Crippen molar-refractivity contribution >= 4 is 23.4 Å². The van der Waals surface area contributed by atoms with E-state index in [0.717, 1.165) is 5.56 Å².